The summed E-state index contributed by atoms with van der Waals surface area (Å²) >= 11 is 1.09. The molecule has 2 fully saturated rings. The Kier molecular flexibility index (Phi) is 6.47. The summed E-state index contributed by atoms with van der Waals surface area (Å²) in [4.78, 5) is 28.9. The summed E-state index contributed by atoms with van der Waals surface area (Å²) in [6.07, 6.45) is 2.13. The molecule has 2 aliphatic rings. The van der Waals surface area contributed by atoms with Gasteiger partial charge in [0.25, 0.3) is 0 Å². The topological polar surface area (TPSA) is 120 Å². The summed E-state index contributed by atoms with van der Waals surface area (Å²) in [6, 6.07) is 3.05. The predicted octanol–water partition coefficient (Wildman–Crippen LogP) is 0.842. The molecule has 0 aliphatic carbocycles. The highest BCUT2D eigenvalue weighted by atomic mass is 32.2. The summed E-state index contributed by atoms with van der Waals surface area (Å²) in [7, 11) is -3.13. The van der Waals surface area contributed by atoms with Crippen molar-refractivity contribution < 1.29 is 17.9 Å². The van der Waals surface area contributed by atoms with E-state index in [1.807, 2.05) is 0 Å². The number of sulfone groups is 1. The van der Waals surface area contributed by atoms with Crippen molar-refractivity contribution in [2.75, 3.05) is 30.4 Å². The van der Waals surface area contributed by atoms with E-state index in [0.717, 1.165) is 24.6 Å². The van der Waals surface area contributed by atoms with E-state index in [-0.39, 0.29) is 40.9 Å². The molecule has 0 aromatic carbocycles. The third-order valence-electron chi connectivity index (χ3n) is 5.05. The molecular weight excluding hydrogens is 402 g/mol. The Bertz CT molecular complexity index is 945. The lowest BCUT2D eigenvalue weighted by Crippen LogP contribution is -2.46. The fourth-order valence-corrected chi connectivity index (χ4v) is 6.29. The lowest BCUT2D eigenvalue weighted by molar-refractivity contribution is -0.131. The summed E-state index contributed by atoms with van der Waals surface area (Å²) in [6.45, 7) is 2.70. The molecule has 10 heteroatoms. The molecule has 1 amide bonds. The average Bonchev–Trinajstić information content (AvgIpc) is 3.26. The second kappa shape index (κ2) is 8.68. The van der Waals surface area contributed by atoms with Crippen molar-refractivity contribution in [1.29, 1.82) is 5.26 Å². The highest BCUT2D eigenvalue weighted by molar-refractivity contribution is 8.00. The number of pyridine rings is 1. The van der Waals surface area contributed by atoms with Gasteiger partial charge in [0.2, 0.25) is 11.5 Å². The third-order valence-corrected chi connectivity index (χ3v) is 7.79. The van der Waals surface area contributed by atoms with Crippen molar-refractivity contribution in [3.05, 3.63) is 27.5 Å². The number of hydrogen-bond acceptors (Lipinski definition) is 7. The third kappa shape index (κ3) is 4.96. The number of aromatic nitrogens is 1. The van der Waals surface area contributed by atoms with Crippen LogP contribution in [0.25, 0.3) is 0 Å². The molecule has 0 bridgehead atoms. The molecule has 2 unspecified atom stereocenters. The average molecular weight is 426 g/mol. The Labute approximate surface area is 168 Å². The minimum absolute atomic E-state index is 0.0113. The standard InChI is InChI=1S/C18H23N3O5S2/c1-12-7-16(22)20-18(15(12)8-19)27-10-17(23)21(9-14-3-2-5-26-14)13-4-6-28(24,25)11-13/h7,13-14H,2-6,9-11H2,1H3,(H,20,22). The second-order valence-electron chi connectivity index (χ2n) is 7.16. The number of nitrogens with zero attached hydrogens (tertiary/aromatic N) is 2. The predicted molar refractivity (Wildman–Crippen MR) is 105 cm³/mol. The number of aromatic amines is 1. The van der Waals surface area contributed by atoms with E-state index in [9.17, 15) is 23.3 Å². The summed E-state index contributed by atoms with van der Waals surface area (Å²) < 4.78 is 29.4. The first-order chi connectivity index (χ1) is 13.3. The fraction of sp³-hybridized carbons (Fsp3) is 0.611. The maximum Gasteiger partial charge on any atom is 0.249 e. The van der Waals surface area contributed by atoms with E-state index < -0.39 is 9.84 Å². The van der Waals surface area contributed by atoms with Crippen LogP contribution in [0.3, 0.4) is 0 Å². The van der Waals surface area contributed by atoms with Gasteiger partial charge in [0.1, 0.15) is 6.07 Å². The van der Waals surface area contributed by atoms with Gasteiger partial charge in [0.05, 0.1) is 34.0 Å². The van der Waals surface area contributed by atoms with Crippen LogP contribution >= 0.6 is 11.8 Å². The Morgan fingerprint density at radius 2 is 2.25 bits per heavy atom. The first kappa shape index (κ1) is 20.9. The number of rotatable bonds is 6. The Morgan fingerprint density at radius 3 is 2.86 bits per heavy atom. The molecule has 0 saturated carbocycles. The van der Waals surface area contributed by atoms with E-state index in [1.165, 1.54) is 6.07 Å². The molecule has 1 N–H and O–H groups in total. The van der Waals surface area contributed by atoms with Gasteiger partial charge in [-0.1, -0.05) is 11.8 Å². The SMILES string of the molecule is Cc1cc(=O)[nH]c(SCC(=O)N(CC2CCCO2)C2CCS(=O)(=O)C2)c1C#N. The lowest BCUT2D eigenvalue weighted by Gasteiger charge is -2.30. The van der Waals surface area contributed by atoms with E-state index in [4.69, 9.17) is 4.74 Å². The monoisotopic (exact) mass is 425 g/mol. The van der Waals surface area contributed by atoms with Gasteiger partial charge < -0.3 is 14.6 Å². The molecule has 2 saturated heterocycles. The van der Waals surface area contributed by atoms with E-state index >= 15 is 0 Å². The number of amides is 1. The van der Waals surface area contributed by atoms with Crippen molar-refractivity contribution >= 4 is 27.5 Å². The molecule has 28 heavy (non-hydrogen) atoms. The van der Waals surface area contributed by atoms with Crippen LogP contribution < -0.4 is 5.56 Å². The van der Waals surface area contributed by atoms with E-state index in [0.29, 0.717) is 35.7 Å². The first-order valence-corrected chi connectivity index (χ1v) is 12.0. The number of nitrogens with one attached hydrogen (secondary N) is 1. The van der Waals surface area contributed by atoms with Crippen LogP contribution in [0.4, 0.5) is 0 Å². The molecule has 1 aromatic rings. The maximum atomic E-state index is 13.0. The van der Waals surface area contributed by atoms with Gasteiger partial charge in [-0.15, -0.1) is 0 Å². The Hall–Kier alpha value is -1.83. The van der Waals surface area contributed by atoms with Crippen molar-refractivity contribution in [3.8, 4) is 6.07 Å². The van der Waals surface area contributed by atoms with Gasteiger partial charge in [-0.05, 0) is 31.7 Å². The molecule has 3 heterocycles. The summed E-state index contributed by atoms with van der Waals surface area (Å²) in [5.74, 6) is -0.143. The van der Waals surface area contributed by atoms with E-state index in [2.05, 4.69) is 11.1 Å². The molecule has 0 spiro atoms. The quantitative estimate of drug-likeness (QED) is 0.671. The zero-order valence-electron chi connectivity index (χ0n) is 15.6. The molecule has 8 nitrogen and oxygen atoms in total. The molecular formula is C18H23N3O5S2. The minimum Gasteiger partial charge on any atom is -0.376 e. The number of thioether (sulfide) groups is 1. The Morgan fingerprint density at radius 1 is 1.46 bits per heavy atom. The molecule has 152 valence electrons. The molecule has 1 aromatic heterocycles. The normalized spacial score (nSPS) is 23.4. The van der Waals surface area contributed by atoms with Crippen LogP contribution in [0.2, 0.25) is 0 Å². The largest absolute Gasteiger partial charge is 0.376 e. The summed E-state index contributed by atoms with van der Waals surface area (Å²) in [5, 5.41) is 9.68. The van der Waals surface area contributed by atoms with Crippen molar-refractivity contribution in [3.63, 3.8) is 0 Å². The smallest absolute Gasteiger partial charge is 0.249 e. The van der Waals surface area contributed by atoms with Gasteiger partial charge in [0.15, 0.2) is 9.84 Å². The van der Waals surface area contributed by atoms with Gasteiger partial charge >= 0.3 is 0 Å². The highest BCUT2D eigenvalue weighted by Gasteiger charge is 2.36. The van der Waals surface area contributed by atoms with Gasteiger partial charge in [-0.25, -0.2) is 8.42 Å². The van der Waals surface area contributed by atoms with Crippen molar-refractivity contribution in [2.24, 2.45) is 0 Å². The molecule has 3 rings (SSSR count). The fourth-order valence-electron chi connectivity index (χ4n) is 3.61. The number of ether oxygens (including phenoxy) is 1. The Balaban J connectivity index is 1.74. The van der Waals surface area contributed by atoms with Crippen LogP contribution in [0.1, 0.15) is 30.4 Å². The number of aryl methyl sites for hydroxylation is 1. The van der Waals surface area contributed by atoms with Crippen LogP contribution in [0.5, 0.6) is 0 Å². The number of carbonyl (C=O) groups excluding carboxylic acids is 1. The summed E-state index contributed by atoms with van der Waals surface area (Å²) in [5.41, 5.74) is 0.565. The van der Waals surface area contributed by atoms with Crippen LogP contribution in [-0.4, -0.2) is 66.8 Å². The van der Waals surface area contributed by atoms with Gasteiger partial charge in [0, 0.05) is 25.3 Å². The lowest BCUT2D eigenvalue weighted by atomic mass is 10.1. The maximum absolute atomic E-state index is 13.0. The molecule has 0 radical (unpaired) electrons. The van der Waals surface area contributed by atoms with Gasteiger partial charge in [-0.3, -0.25) is 9.59 Å². The number of H-pyrrole nitrogens is 1. The molecule has 2 aliphatic heterocycles. The first-order valence-electron chi connectivity index (χ1n) is 9.17. The second-order valence-corrected chi connectivity index (χ2v) is 10.4. The van der Waals surface area contributed by atoms with Crippen LogP contribution in [-0.2, 0) is 19.4 Å². The van der Waals surface area contributed by atoms with Crippen molar-refractivity contribution in [2.45, 2.75) is 43.4 Å². The highest BCUT2D eigenvalue weighted by Crippen LogP contribution is 2.25. The number of carbonyl (C=O) groups is 1. The minimum atomic E-state index is -3.13. The van der Waals surface area contributed by atoms with Gasteiger partial charge in [-0.2, -0.15) is 5.26 Å². The number of nitriles is 1. The zero-order chi connectivity index (χ0) is 20.3. The van der Waals surface area contributed by atoms with Crippen molar-refractivity contribution in [1.82, 2.24) is 9.88 Å². The zero-order valence-corrected chi connectivity index (χ0v) is 17.3. The number of hydrogen-bond donors (Lipinski definition) is 1. The van der Waals surface area contributed by atoms with Crippen LogP contribution in [0, 0.1) is 18.3 Å². The van der Waals surface area contributed by atoms with E-state index in [1.54, 1.807) is 11.8 Å². The molecule has 2 atom stereocenters. The van der Waals surface area contributed by atoms with Crippen LogP contribution in [0.15, 0.2) is 15.9 Å².